The molecule has 1 aromatic carbocycles. The van der Waals surface area contributed by atoms with E-state index < -0.39 is 0 Å². The molecule has 1 spiro atoms. The summed E-state index contributed by atoms with van der Waals surface area (Å²) in [4.78, 5) is 30.1. The molecule has 0 bridgehead atoms. The van der Waals surface area contributed by atoms with Gasteiger partial charge in [-0.25, -0.2) is 0 Å². The van der Waals surface area contributed by atoms with E-state index in [2.05, 4.69) is 29.1 Å². The monoisotopic (exact) mass is 475 g/mol. The lowest BCUT2D eigenvalue weighted by Crippen LogP contribution is -2.62. The largest absolute Gasteiger partial charge is 0.408 e. The highest BCUT2D eigenvalue weighted by Gasteiger charge is 2.61. The van der Waals surface area contributed by atoms with Crippen LogP contribution in [0.25, 0.3) is 0 Å². The number of amides is 2. The number of anilines is 1. The maximum Gasteiger partial charge on any atom is 0.312 e. The van der Waals surface area contributed by atoms with E-state index in [1.807, 2.05) is 40.1 Å². The number of likely N-dealkylation sites (tertiary alicyclic amines) is 2. The van der Waals surface area contributed by atoms with Crippen LogP contribution in [0.15, 0.2) is 47.1 Å². The van der Waals surface area contributed by atoms with Crippen LogP contribution in [0.1, 0.15) is 48.0 Å². The predicted octanol–water partition coefficient (Wildman–Crippen LogP) is 2.01. The molecule has 10 nitrogen and oxygen atoms in total. The normalized spacial score (nSPS) is 23.9. The Morgan fingerprint density at radius 2 is 1.83 bits per heavy atom. The van der Waals surface area contributed by atoms with Gasteiger partial charge in [-0.1, -0.05) is 49.3 Å². The van der Waals surface area contributed by atoms with E-state index in [1.54, 1.807) is 17.1 Å². The zero-order chi connectivity index (χ0) is 24.4. The third-order valence-electron chi connectivity index (χ3n) is 7.89. The van der Waals surface area contributed by atoms with Crippen LogP contribution in [0.4, 0.5) is 6.01 Å². The second-order valence-corrected chi connectivity index (χ2v) is 10.9. The Bertz CT molecular complexity index is 1270. The van der Waals surface area contributed by atoms with Gasteiger partial charge in [0.05, 0.1) is 24.2 Å². The zero-order valence-corrected chi connectivity index (χ0v) is 19.9. The smallest absolute Gasteiger partial charge is 0.312 e. The molecule has 182 valence electrons. The number of nitrogens with two attached hydrogens (primary N) is 1. The Morgan fingerprint density at radius 1 is 1.11 bits per heavy atom. The molecule has 3 fully saturated rings. The van der Waals surface area contributed by atoms with Gasteiger partial charge in [0.1, 0.15) is 0 Å². The molecule has 1 saturated carbocycles. The Morgan fingerprint density at radius 3 is 2.49 bits per heavy atom. The second-order valence-electron chi connectivity index (χ2n) is 10.9. The van der Waals surface area contributed by atoms with Crippen LogP contribution < -0.4 is 5.73 Å². The summed E-state index contributed by atoms with van der Waals surface area (Å²) in [6.07, 6.45) is 4.32. The number of hydrogen-bond acceptors (Lipinski definition) is 7. The summed E-state index contributed by atoms with van der Waals surface area (Å²) < 4.78 is 7.36. The van der Waals surface area contributed by atoms with Crippen LogP contribution in [0.3, 0.4) is 0 Å². The minimum Gasteiger partial charge on any atom is -0.408 e. The molecule has 3 aromatic rings. The molecule has 1 unspecified atom stereocenters. The van der Waals surface area contributed by atoms with Crippen LogP contribution in [0.2, 0.25) is 0 Å². The maximum atomic E-state index is 13.4. The third-order valence-corrected chi connectivity index (χ3v) is 7.89. The number of rotatable bonds is 5. The minimum absolute atomic E-state index is 0.00843. The summed E-state index contributed by atoms with van der Waals surface area (Å²) in [6, 6.07) is 10.0. The highest BCUT2D eigenvalue weighted by atomic mass is 16.4. The molecule has 35 heavy (non-hydrogen) atoms. The Kier molecular flexibility index (Phi) is 4.77. The fourth-order valence-corrected chi connectivity index (χ4v) is 5.66. The van der Waals surface area contributed by atoms with E-state index in [0.29, 0.717) is 44.2 Å². The summed E-state index contributed by atoms with van der Waals surface area (Å²) in [5, 5.41) is 12.4. The van der Waals surface area contributed by atoms with E-state index in [1.165, 1.54) is 0 Å². The average molecular weight is 476 g/mol. The van der Waals surface area contributed by atoms with Gasteiger partial charge in [0.2, 0.25) is 11.8 Å². The van der Waals surface area contributed by atoms with Gasteiger partial charge in [0.15, 0.2) is 0 Å². The molecule has 2 atom stereocenters. The lowest BCUT2D eigenvalue weighted by molar-refractivity contribution is -0.146. The fourth-order valence-electron chi connectivity index (χ4n) is 5.66. The van der Waals surface area contributed by atoms with E-state index in [4.69, 9.17) is 10.2 Å². The van der Waals surface area contributed by atoms with Crippen molar-refractivity contribution in [2.45, 2.75) is 32.7 Å². The number of carbonyl (C=O) groups is 2. The van der Waals surface area contributed by atoms with Gasteiger partial charge in [-0.15, -0.1) is 5.10 Å². The predicted molar refractivity (Wildman–Crippen MR) is 126 cm³/mol. The summed E-state index contributed by atoms with van der Waals surface area (Å²) in [6.45, 7) is 6.94. The highest BCUT2D eigenvalue weighted by Crippen LogP contribution is 2.55. The first kappa shape index (κ1) is 21.8. The Labute approximate surface area is 203 Å². The van der Waals surface area contributed by atoms with Crippen LogP contribution in [0, 0.1) is 16.7 Å². The van der Waals surface area contributed by atoms with Gasteiger partial charge in [0, 0.05) is 43.7 Å². The molecule has 1 aliphatic carbocycles. The standard InChI is InChI=1S/C25H29N7O3/c1-24(2)8-18(24)22(34)31-14-25(15-31)13-30(12-19(25)20-28-29-23(26)35-20)21(33)17-9-27-32(11-17)10-16-6-4-3-5-7-16/h3-7,9,11,18-19H,8,10,12-15H2,1-2H3,(H2,26,29)/t18-,19?/m1/s1. The van der Waals surface area contributed by atoms with E-state index in [-0.39, 0.29) is 40.5 Å². The van der Waals surface area contributed by atoms with Crippen molar-refractivity contribution in [1.82, 2.24) is 29.8 Å². The first-order chi connectivity index (χ1) is 16.7. The Hall–Kier alpha value is -3.69. The van der Waals surface area contributed by atoms with Crippen molar-refractivity contribution >= 4 is 17.8 Å². The Balaban J connectivity index is 1.19. The third kappa shape index (κ3) is 3.77. The van der Waals surface area contributed by atoms with Gasteiger partial charge in [-0.3, -0.25) is 14.3 Å². The maximum absolute atomic E-state index is 13.4. The molecular weight excluding hydrogens is 446 g/mol. The fraction of sp³-hybridized carbons (Fsp3) is 0.480. The van der Waals surface area contributed by atoms with Gasteiger partial charge >= 0.3 is 6.01 Å². The van der Waals surface area contributed by atoms with Gasteiger partial charge < -0.3 is 20.0 Å². The lowest BCUT2D eigenvalue weighted by Gasteiger charge is -2.50. The van der Waals surface area contributed by atoms with Crippen LogP contribution in [-0.4, -0.2) is 67.8 Å². The molecule has 2 saturated heterocycles. The average Bonchev–Trinajstić information content (AvgIpc) is 3.26. The molecule has 2 amide bonds. The zero-order valence-electron chi connectivity index (χ0n) is 19.9. The number of carbonyl (C=O) groups excluding carboxylic acids is 2. The van der Waals surface area contributed by atoms with Gasteiger partial charge in [0.25, 0.3) is 5.91 Å². The molecule has 0 radical (unpaired) electrons. The second kappa shape index (κ2) is 7.66. The molecular formula is C25H29N7O3. The van der Waals surface area contributed by atoms with Crippen molar-refractivity contribution in [3.05, 3.63) is 59.7 Å². The molecule has 3 aliphatic rings. The molecule has 10 heteroatoms. The molecule has 4 heterocycles. The van der Waals surface area contributed by atoms with Crippen LogP contribution in [-0.2, 0) is 11.3 Å². The van der Waals surface area contributed by atoms with Crippen molar-refractivity contribution in [1.29, 1.82) is 0 Å². The highest BCUT2D eigenvalue weighted by molar-refractivity contribution is 5.94. The topological polar surface area (TPSA) is 123 Å². The number of hydrogen-bond donors (Lipinski definition) is 1. The quantitative estimate of drug-likeness (QED) is 0.599. The first-order valence-corrected chi connectivity index (χ1v) is 12.0. The summed E-state index contributed by atoms with van der Waals surface area (Å²) in [5.41, 5.74) is 7.12. The first-order valence-electron chi connectivity index (χ1n) is 12.0. The van der Waals surface area contributed by atoms with Gasteiger partial charge in [-0.05, 0) is 17.4 Å². The van der Waals surface area contributed by atoms with Crippen LogP contribution in [0.5, 0.6) is 0 Å². The van der Waals surface area contributed by atoms with E-state index in [0.717, 1.165) is 12.0 Å². The van der Waals surface area contributed by atoms with Gasteiger partial charge in [-0.2, -0.15) is 5.10 Å². The number of aromatic nitrogens is 4. The molecule has 2 aliphatic heterocycles. The van der Waals surface area contributed by atoms with E-state index >= 15 is 0 Å². The number of nitrogens with zero attached hydrogens (tertiary/aromatic N) is 6. The SMILES string of the molecule is CC1(C)C[C@@H]1C(=O)N1CC2(CN(C(=O)c3cnn(Cc4ccccc4)c3)CC2c2nnc(N)o2)C1. The lowest BCUT2D eigenvalue weighted by atomic mass is 9.71. The van der Waals surface area contributed by atoms with E-state index in [9.17, 15) is 9.59 Å². The molecule has 2 aromatic heterocycles. The molecule has 6 rings (SSSR count). The van der Waals surface area contributed by atoms with Crippen molar-refractivity contribution in [2.24, 2.45) is 16.7 Å². The number of nitrogen functional groups attached to an aromatic ring is 1. The van der Waals surface area contributed by atoms with Crippen molar-refractivity contribution < 1.29 is 14.0 Å². The van der Waals surface area contributed by atoms with Crippen molar-refractivity contribution in [3.63, 3.8) is 0 Å². The minimum atomic E-state index is -0.316. The molecule has 2 N–H and O–H groups in total. The van der Waals surface area contributed by atoms with Crippen molar-refractivity contribution in [2.75, 3.05) is 31.9 Å². The summed E-state index contributed by atoms with van der Waals surface area (Å²) in [5.74, 6) is 0.457. The summed E-state index contributed by atoms with van der Waals surface area (Å²) >= 11 is 0. The van der Waals surface area contributed by atoms with Crippen molar-refractivity contribution in [3.8, 4) is 0 Å². The summed E-state index contributed by atoms with van der Waals surface area (Å²) in [7, 11) is 0. The number of benzene rings is 1. The van der Waals surface area contributed by atoms with Crippen LogP contribution >= 0.6 is 0 Å².